The van der Waals surface area contributed by atoms with Crippen molar-refractivity contribution in [3.8, 4) is 22.5 Å². The molecule has 2 unspecified atom stereocenters. The van der Waals surface area contributed by atoms with Gasteiger partial charge in [-0.25, -0.2) is 14.1 Å². The van der Waals surface area contributed by atoms with Crippen molar-refractivity contribution in [2.24, 2.45) is 12.5 Å². The first-order valence-corrected chi connectivity index (χ1v) is 24.0. The van der Waals surface area contributed by atoms with Crippen molar-refractivity contribution in [1.29, 1.82) is 0 Å². The maximum atomic E-state index is 6.96. The highest BCUT2D eigenvalue weighted by molar-refractivity contribution is 6.76. The van der Waals surface area contributed by atoms with Gasteiger partial charge in [0.25, 0.3) is 0 Å². The zero-order valence-electron chi connectivity index (χ0n) is 35.4. The Balaban J connectivity index is 1.38. The fourth-order valence-electron chi connectivity index (χ4n) is 9.04. The molecule has 1 aliphatic heterocycles. The lowest BCUT2D eigenvalue weighted by atomic mass is 9.79. The summed E-state index contributed by atoms with van der Waals surface area (Å²) in [6.45, 7) is 30.3. The summed E-state index contributed by atoms with van der Waals surface area (Å²) in [6, 6.07) is 26.0. The van der Waals surface area contributed by atoms with Gasteiger partial charge in [-0.2, -0.15) is 0 Å². The van der Waals surface area contributed by atoms with Crippen LogP contribution in [0.15, 0.2) is 103 Å². The number of nitrogens with zero attached hydrogens (tertiary/aromatic N) is 4. The number of furan rings is 1. The van der Waals surface area contributed by atoms with Crippen molar-refractivity contribution in [1.82, 2.24) is 9.97 Å². The van der Waals surface area contributed by atoms with Crippen LogP contribution in [0.1, 0.15) is 72.3 Å². The van der Waals surface area contributed by atoms with E-state index in [4.69, 9.17) is 14.4 Å². The molecule has 56 heavy (non-hydrogen) atoms. The van der Waals surface area contributed by atoms with Gasteiger partial charge in [0.15, 0.2) is 17.8 Å². The lowest BCUT2D eigenvalue weighted by Gasteiger charge is -2.31. The van der Waals surface area contributed by atoms with E-state index in [0.29, 0.717) is 5.71 Å². The van der Waals surface area contributed by atoms with E-state index in [2.05, 4.69) is 169 Å². The maximum Gasteiger partial charge on any atom is 0.227 e. The van der Waals surface area contributed by atoms with E-state index in [9.17, 15) is 0 Å². The first-order chi connectivity index (χ1) is 26.6. The molecule has 6 aromatic rings. The summed E-state index contributed by atoms with van der Waals surface area (Å²) in [5.74, 6) is 0.271. The zero-order valence-corrected chi connectivity index (χ0v) is 36.4. The van der Waals surface area contributed by atoms with Gasteiger partial charge in [0.2, 0.25) is 17.1 Å². The quantitative estimate of drug-likeness (QED) is 0.0750. The van der Waals surface area contributed by atoms with E-state index in [0.717, 1.165) is 76.1 Å². The highest BCUT2D eigenvalue weighted by Crippen LogP contribution is 2.41. The van der Waals surface area contributed by atoms with Crippen LogP contribution in [0.25, 0.3) is 44.6 Å². The number of hydrogen-bond donors (Lipinski definition) is 0. The number of benzene rings is 2. The molecule has 0 saturated carbocycles. The fourth-order valence-corrected chi connectivity index (χ4v) is 9.95. The summed E-state index contributed by atoms with van der Waals surface area (Å²) in [7, 11) is 0.858. The Kier molecular flexibility index (Phi) is 10.7. The predicted molar refractivity (Wildman–Crippen MR) is 238 cm³/mol. The number of aromatic nitrogens is 3. The fraction of sp³-hybridized carbons (Fsp3) is 0.360. The molecule has 0 aliphatic carbocycles. The highest BCUT2D eigenvalue weighted by Gasteiger charge is 2.39. The minimum absolute atomic E-state index is 0.156. The second-order valence-electron chi connectivity index (χ2n) is 18.5. The number of allylic oxidation sites excluding steroid dienone is 1. The second kappa shape index (κ2) is 15.2. The van der Waals surface area contributed by atoms with Crippen LogP contribution >= 0.6 is 0 Å². The summed E-state index contributed by atoms with van der Waals surface area (Å²) in [5.41, 5.74) is 15.6. The summed E-state index contributed by atoms with van der Waals surface area (Å²) in [5, 5.41) is 2.11. The molecule has 0 N–H and O–H groups in total. The average Bonchev–Trinajstić information content (AvgIpc) is 3.50. The first kappa shape index (κ1) is 39.3. The Labute approximate surface area is 335 Å². The van der Waals surface area contributed by atoms with Crippen LogP contribution in [0.5, 0.6) is 0 Å². The number of pyridine rings is 3. The van der Waals surface area contributed by atoms with Gasteiger partial charge in [0, 0.05) is 57.5 Å². The molecular formula is C50H60N4OSi+2. The summed E-state index contributed by atoms with van der Waals surface area (Å²) < 4.78 is 11.8. The monoisotopic (exact) mass is 760 g/mol. The molecule has 0 saturated heterocycles. The SMILES string of the molecule is C=CC1=[N+](CC[Si](C)(C)C)C(C=C)C(CCc2ccc3c(oc4nc(-c5c(C)cc(C)nc5C)ccc43)c2-c2cc(CC(C)(C)C)cc[n+]2C)c2ccccc21. The second-order valence-corrected chi connectivity index (χ2v) is 24.1. The average molecular weight is 761 g/mol. The van der Waals surface area contributed by atoms with Crippen molar-refractivity contribution < 1.29 is 13.6 Å². The van der Waals surface area contributed by atoms with Crippen LogP contribution in [0, 0.1) is 26.2 Å². The van der Waals surface area contributed by atoms with Gasteiger partial charge in [0.05, 0.1) is 25.2 Å². The molecule has 6 heteroatoms. The standard InChI is InChI=1S/C50H60N4OSi/c1-13-43-38-18-16-15-17-37(38)39(44(14-2)54(43)27-28-56(10,11)12)21-19-36-20-22-40-41-23-24-42(46-32(3)29-33(4)51-34(46)5)52-49(41)55-48(40)47(36)45-30-35(25-26-53(45)9)31-50(6,7)8/h13-18,20,22-26,29-30,39,44H,1-2,19,21,27-28,31H2,3-12H3/q+2. The Hall–Kier alpha value is -4.94. The van der Waals surface area contributed by atoms with Gasteiger partial charge in [-0.3, -0.25) is 4.98 Å². The maximum absolute atomic E-state index is 6.96. The third-order valence-corrected chi connectivity index (χ3v) is 13.3. The minimum Gasteiger partial charge on any atom is -0.437 e. The Bertz CT molecular complexity index is 2500. The summed E-state index contributed by atoms with van der Waals surface area (Å²) >= 11 is 0. The first-order valence-electron chi connectivity index (χ1n) is 20.3. The highest BCUT2D eigenvalue weighted by atomic mass is 28.3. The van der Waals surface area contributed by atoms with E-state index >= 15 is 0 Å². The van der Waals surface area contributed by atoms with Crippen molar-refractivity contribution in [3.63, 3.8) is 0 Å². The summed E-state index contributed by atoms with van der Waals surface area (Å²) in [6.07, 6.45) is 9.28. The molecule has 288 valence electrons. The van der Waals surface area contributed by atoms with Crippen LogP contribution in [0.2, 0.25) is 25.7 Å². The molecule has 1 aliphatic rings. The lowest BCUT2D eigenvalue weighted by Crippen LogP contribution is -2.42. The molecular weight excluding hydrogens is 701 g/mol. The van der Waals surface area contributed by atoms with E-state index in [1.807, 2.05) is 6.92 Å². The number of aryl methyl sites for hydroxylation is 5. The van der Waals surface area contributed by atoms with E-state index < -0.39 is 8.07 Å². The minimum atomic E-state index is -1.30. The third kappa shape index (κ3) is 7.73. The van der Waals surface area contributed by atoms with Gasteiger partial charge < -0.3 is 4.42 Å². The van der Waals surface area contributed by atoms with Gasteiger partial charge in [-0.05, 0) is 98.0 Å². The molecule has 0 spiro atoms. The number of rotatable bonds is 11. The summed E-state index contributed by atoms with van der Waals surface area (Å²) in [4.78, 5) is 9.95. The molecule has 0 amide bonds. The molecule has 7 rings (SSSR count). The Morgan fingerprint density at radius 1 is 0.893 bits per heavy atom. The van der Waals surface area contributed by atoms with Gasteiger partial charge in [0.1, 0.15) is 13.6 Å². The van der Waals surface area contributed by atoms with E-state index in [1.165, 1.54) is 39.6 Å². The van der Waals surface area contributed by atoms with Gasteiger partial charge in [-0.1, -0.05) is 83.9 Å². The zero-order chi connectivity index (χ0) is 40.1. The van der Waals surface area contributed by atoms with Crippen molar-refractivity contribution in [2.75, 3.05) is 6.54 Å². The van der Waals surface area contributed by atoms with Crippen LogP contribution in [-0.4, -0.2) is 40.9 Å². The molecule has 5 heterocycles. The smallest absolute Gasteiger partial charge is 0.227 e. The molecule has 5 nitrogen and oxygen atoms in total. The topological polar surface area (TPSA) is 45.8 Å². The van der Waals surface area contributed by atoms with Crippen molar-refractivity contribution in [2.45, 2.75) is 98.4 Å². The molecule has 2 atom stereocenters. The van der Waals surface area contributed by atoms with Crippen LogP contribution in [0.4, 0.5) is 0 Å². The van der Waals surface area contributed by atoms with Crippen LogP contribution in [0.3, 0.4) is 0 Å². The van der Waals surface area contributed by atoms with E-state index in [1.54, 1.807) is 0 Å². The molecule has 0 radical (unpaired) electrons. The predicted octanol–water partition coefficient (Wildman–Crippen LogP) is 11.7. The van der Waals surface area contributed by atoms with Crippen molar-refractivity contribution >= 4 is 35.9 Å². The Morgan fingerprint density at radius 2 is 1.64 bits per heavy atom. The van der Waals surface area contributed by atoms with Crippen molar-refractivity contribution in [3.05, 3.63) is 137 Å². The van der Waals surface area contributed by atoms with Gasteiger partial charge >= 0.3 is 0 Å². The number of hydrogen-bond acceptors (Lipinski definition) is 3. The lowest BCUT2D eigenvalue weighted by molar-refractivity contribution is -0.660. The third-order valence-electron chi connectivity index (χ3n) is 11.6. The molecule has 0 fully saturated rings. The van der Waals surface area contributed by atoms with E-state index in [-0.39, 0.29) is 17.4 Å². The normalized spacial score (nSPS) is 16.1. The molecule has 0 bridgehead atoms. The Morgan fingerprint density at radius 3 is 2.34 bits per heavy atom. The molecule has 4 aromatic heterocycles. The number of fused-ring (bicyclic) bond motifs is 4. The van der Waals surface area contributed by atoms with Crippen LogP contribution < -0.4 is 4.57 Å². The largest absolute Gasteiger partial charge is 0.437 e. The van der Waals surface area contributed by atoms with Crippen LogP contribution in [-0.2, 0) is 19.9 Å². The van der Waals surface area contributed by atoms with Gasteiger partial charge in [-0.15, -0.1) is 0 Å². The molecule has 2 aromatic carbocycles.